The number of sulfone groups is 1. The van der Waals surface area contributed by atoms with E-state index in [0.29, 0.717) is 23.5 Å². The molecule has 1 aliphatic heterocycles. The summed E-state index contributed by atoms with van der Waals surface area (Å²) in [6, 6.07) is 5.21. The number of carbonyl (C=O) groups is 1. The van der Waals surface area contributed by atoms with Crippen molar-refractivity contribution in [1.82, 2.24) is 4.90 Å². The molecule has 7 heteroatoms. The van der Waals surface area contributed by atoms with E-state index in [1.165, 1.54) is 4.90 Å². The summed E-state index contributed by atoms with van der Waals surface area (Å²) in [6.07, 6.45) is 0. The van der Waals surface area contributed by atoms with Crippen LogP contribution < -0.4 is 5.73 Å². The Hall–Kier alpha value is -1.21. The largest absolute Gasteiger partial charge is 0.398 e. The number of aryl methyl sites for hydroxylation is 1. The van der Waals surface area contributed by atoms with Crippen LogP contribution in [0.15, 0.2) is 18.2 Å². The number of nitrogens with zero attached hydrogens (tertiary/aromatic N) is 1. The van der Waals surface area contributed by atoms with Gasteiger partial charge in [0.05, 0.1) is 5.56 Å². The van der Waals surface area contributed by atoms with Crippen molar-refractivity contribution in [2.24, 2.45) is 0 Å². The molecule has 1 aromatic rings. The van der Waals surface area contributed by atoms with Crippen LogP contribution in [0.3, 0.4) is 0 Å². The summed E-state index contributed by atoms with van der Waals surface area (Å²) in [5, 5.41) is -0.755. The zero-order valence-corrected chi connectivity index (χ0v) is 13.8. The Morgan fingerprint density at radius 3 is 2.81 bits per heavy atom. The molecule has 5 nitrogen and oxygen atoms in total. The summed E-state index contributed by atoms with van der Waals surface area (Å²) >= 11 is 1.56. The Bertz CT molecular complexity index is 644. The summed E-state index contributed by atoms with van der Waals surface area (Å²) in [5.41, 5.74) is 7.66. The number of thioether (sulfide) groups is 1. The summed E-state index contributed by atoms with van der Waals surface area (Å²) in [6.45, 7) is 3.94. The minimum absolute atomic E-state index is 0.0331. The van der Waals surface area contributed by atoms with Crippen LogP contribution in [-0.2, 0) is 9.84 Å². The van der Waals surface area contributed by atoms with E-state index in [1.54, 1.807) is 30.8 Å². The molecule has 1 atom stereocenters. The lowest BCUT2D eigenvalue weighted by Gasteiger charge is -2.35. The van der Waals surface area contributed by atoms with Crippen molar-refractivity contribution < 1.29 is 13.2 Å². The van der Waals surface area contributed by atoms with Crippen molar-refractivity contribution in [1.29, 1.82) is 0 Å². The lowest BCUT2D eigenvalue weighted by atomic mass is 10.1. The Morgan fingerprint density at radius 2 is 2.19 bits per heavy atom. The van der Waals surface area contributed by atoms with Crippen molar-refractivity contribution in [3.8, 4) is 0 Å². The van der Waals surface area contributed by atoms with E-state index in [-0.39, 0.29) is 11.7 Å². The molecule has 1 unspecified atom stereocenters. The number of nitrogen functional groups attached to an aromatic ring is 1. The molecule has 1 amide bonds. The monoisotopic (exact) mass is 328 g/mol. The lowest BCUT2D eigenvalue weighted by molar-refractivity contribution is 0.0750. The second kappa shape index (κ2) is 6.27. The van der Waals surface area contributed by atoms with Crippen molar-refractivity contribution in [3.63, 3.8) is 0 Å². The second-order valence-corrected chi connectivity index (χ2v) is 8.67. The average molecular weight is 328 g/mol. The van der Waals surface area contributed by atoms with E-state index >= 15 is 0 Å². The van der Waals surface area contributed by atoms with Gasteiger partial charge in [0.15, 0.2) is 9.84 Å². The number of amides is 1. The number of hydrogen-bond acceptors (Lipinski definition) is 5. The molecule has 2 rings (SSSR count). The van der Waals surface area contributed by atoms with Crippen LogP contribution >= 0.6 is 11.8 Å². The summed E-state index contributed by atoms with van der Waals surface area (Å²) in [4.78, 5) is 14.1. The molecular formula is C14H20N2O3S2. The molecule has 1 aliphatic rings. The third-order valence-electron chi connectivity index (χ3n) is 3.60. The number of rotatable bonds is 3. The van der Waals surface area contributed by atoms with E-state index in [0.717, 1.165) is 11.3 Å². The number of nitrogens with two attached hydrogens (primary N) is 1. The molecule has 1 heterocycles. The van der Waals surface area contributed by atoms with Gasteiger partial charge in [-0.05, 0) is 24.6 Å². The van der Waals surface area contributed by atoms with E-state index in [2.05, 4.69) is 0 Å². The van der Waals surface area contributed by atoms with Crippen LogP contribution in [0.2, 0.25) is 0 Å². The van der Waals surface area contributed by atoms with Gasteiger partial charge in [0.2, 0.25) is 0 Å². The van der Waals surface area contributed by atoms with Crippen LogP contribution in [0.4, 0.5) is 5.69 Å². The molecule has 0 aromatic heterocycles. The maximum Gasteiger partial charge on any atom is 0.257 e. The van der Waals surface area contributed by atoms with Gasteiger partial charge in [-0.1, -0.05) is 13.0 Å². The summed E-state index contributed by atoms with van der Waals surface area (Å²) < 4.78 is 24.4. The molecule has 0 radical (unpaired) electrons. The molecule has 0 spiro atoms. The number of benzene rings is 1. The third kappa shape index (κ3) is 3.35. The minimum Gasteiger partial charge on any atom is -0.398 e. The predicted octanol–water partition coefficient (Wildman–Crippen LogP) is 1.53. The topological polar surface area (TPSA) is 80.5 Å². The van der Waals surface area contributed by atoms with Crippen molar-refractivity contribution in [2.45, 2.75) is 19.2 Å². The fraction of sp³-hybridized carbons (Fsp3) is 0.500. The van der Waals surface area contributed by atoms with E-state index in [4.69, 9.17) is 5.73 Å². The predicted molar refractivity (Wildman–Crippen MR) is 87.2 cm³/mol. The standard InChI is InChI=1S/C14H20N2O3S2/c1-3-21(18,19)13-9-20-7-6-16(13)14(17)11-5-4-10(2)8-12(11)15/h4-5,8,13H,3,6-7,9,15H2,1-2H3. The van der Waals surface area contributed by atoms with Crippen LogP contribution in [0, 0.1) is 6.92 Å². The number of anilines is 1. The first-order chi connectivity index (χ1) is 9.86. The van der Waals surface area contributed by atoms with Crippen LogP contribution in [0.1, 0.15) is 22.8 Å². The zero-order valence-electron chi connectivity index (χ0n) is 12.2. The smallest absolute Gasteiger partial charge is 0.257 e. The van der Waals surface area contributed by atoms with Gasteiger partial charge in [0, 0.05) is 29.5 Å². The number of hydrogen-bond donors (Lipinski definition) is 1. The summed E-state index contributed by atoms with van der Waals surface area (Å²) in [5.74, 6) is 0.904. The second-order valence-electron chi connectivity index (χ2n) is 5.07. The molecule has 2 N–H and O–H groups in total. The highest BCUT2D eigenvalue weighted by Crippen LogP contribution is 2.25. The van der Waals surface area contributed by atoms with Crippen LogP contribution in [0.5, 0.6) is 0 Å². The Balaban J connectivity index is 2.35. The molecule has 116 valence electrons. The van der Waals surface area contributed by atoms with E-state index in [1.807, 2.05) is 13.0 Å². The minimum atomic E-state index is -3.30. The van der Waals surface area contributed by atoms with E-state index < -0.39 is 15.2 Å². The maximum absolute atomic E-state index is 12.7. The van der Waals surface area contributed by atoms with E-state index in [9.17, 15) is 13.2 Å². The molecule has 0 saturated carbocycles. The first kappa shape index (κ1) is 16.2. The quantitative estimate of drug-likeness (QED) is 0.851. The third-order valence-corrected chi connectivity index (χ3v) is 6.89. The molecule has 0 bridgehead atoms. The van der Waals surface area contributed by atoms with Gasteiger partial charge in [-0.15, -0.1) is 0 Å². The fourth-order valence-corrected chi connectivity index (χ4v) is 5.30. The fourth-order valence-electron chi connectivity index (χ4n) is 2.33. The summed E-state index contributed by atoms with van der Waals surface area (Å²) in [7, 11) is -3.30. The van der Waals surface area contributed by atoms with Gasteiger partial charge >= 0.3 is 0 Å². The lowest BCUT2D eigenvalue weighted by Crippen LogP contribution is -2.50. The highest BCUT2D eigenvalue weighted by atomic mass is 32.2. The van der Waals surface area contributed by atoms with Crippen molar-refractivity contribution >= 4 is 33.2 Å². The Labute approximate surface area is 129 Å². The van der Waals surface area contributed by atoms with Gasteiger partial charge in [-0.3, -0.25) is 4.79 Å². The highest BCUT2D eigenvalue weighted by Gasteiger charge is 2.36. The van der Waals surface area contributed by atoms with Gasteiger partial charge < -0.3 is 10.6 Å². The Kier molecular flexibility index (Phi) is 4.83. The molecule has 0 aliphatic carbocycles. The first-order valence-corrected chi connectivity index (χ1v) is 9.70. The molecule has 1 aromatic carbocycles. The van der Waals surface area contributed by atoms with Gasteiger partial charge in [0.25, 0.3) is 5.91 Å². The van der Waals surface area contributed by atoms with Gasteiger partial charge in [-0.25, -0.2) is 8.42 Å². The van der Waals surface area contributed by atoms with Gasteiger partial charge in [0.1, 0.15) is 5.37 Å². The van der Waals surface area contributed by atoms with Crippen LogP contribution in [0.25, 0.3) is 0 Å². The zero-order chi connectivity index (χ0) is 15.6. The van der Waals surface area contributed by atoms with Gasteiger partial charge in [-0.2, -0.15) is 11.8 Å². The van der Waals surface area contributed by atoms with Crippen LogP contribution in [-0.4, -0.2) is 48.4 Å². The maximum atomic E-state index is 12.7. The van der Waals surface area contributed by atoms with Crippen molar-refractivity contribution in [2.75, 3.05) is 29.5 Å². The first-order valence-electron chi connectivity index (χ1n) is 6.83. The normalized spacial score (nSPS) is 19.5. The highest BCUT2D eigenvalue weighted by molar-refractivity contribution is 8.01. The molecular weight excluding hydrogens is 308 g/mol. The molecule has 21 heavy (non-hydrogen) atoms. The average Bonchev–Trinajstić information content (AvgIpc) is 2.46. The van der Waals surface area contributed by atoms with Crippen molar-refractivity contribution in [3.05, 3.63) is 29.3 Å². The number of carbonyl (C=O) groups excluding carboxylic acids is 1. The molecule has 1 fully saturated rings. The Morgan fingerprint density at radius 1 is 1.48 bits per heavy atom. The SMILES string of the molecule is CCS(=O)(=O)C1CSCCN1C(=O)c1ccc(C)cc1N. The molecule has 1 saturated heterocycles.